The standard InChI is InChI=1S/C24H25FN2O4S/c1-4-18-7-5-6-8-21(18)26-24(28)16-27(20-12-10-19(25)11-13-20)32(29,30)23-15-17(2)9-14-22(23)31-3/h5-15H,4,16H2,1-3H3,(H,26,28). The predicted molar refractivity (Wildman–Crippen MR) is 123 cm³/mol. The van der Waals surface area contributed by atoms with Crippen LogP contribution in [0, 0.1) is 12.7 Å². The van der Waals surface area contributed by atoms with E-state index in [0.29, 0.717) is 17.7 Å². The molecule has 0 atom stereocenters. The molecule has 0 saturated carbocycles. The number of methoxy groups -OCH3 is 1. The quantitative estimate of drug-likeness (QED) is 0.540. The molecule has 0 fully saturated rings. The summed E-state index contributed by atoms with van der Waals surface area (Å²) in [6, 6.07) is 17.0. The topological polar surface area (TPSA) is 75.7 Å². The Morgan fingerprint density at radius 1 is 1.06 bits per heavy atom. The molecule has 1 amide bonds. The molecule has 0 aromatic heterocycles. The number of nitrogens with zero attached hydrogens (tertiary/aromatic N) is 1. The molecule has 0 radical (unpaired) electrons. The molecular formula is C24H25FN2O4S. The normalized spacial score (nSPS) is 11.1. The van der Waals surface area contributed by atoms with E-state index in [9.17, 15) is 17.6 Å². The molecule has 168 valence electrons. The van der Waals surface area contributed by atoms with Gasteiger partial charge in [-0.2, -0.15) is 0 Å². The van der Waals surface area contributed by atoms with Crippen molar-refractivity contribution in [2.24, 2.45) is 0 Å². The Kier molecular flexibility index (Phi) is 7.15. The average molecular weight is 457 g/mol. The molecule has 0 spiro atoms. The number of hydrogen-bond donors (Lipinski definition) is 1. The number of amides is 1. The van der Waals surface area contributed by atoms with Gasteiger partial charge in [-0.3, -0.25) is 9.10 Å². The van der Waals surface area contributed by atoms with Gasteiger partial charge in [0.15, 0.2) is 0 Å². The van der Waals surface area contributed by atoms with Crippen LogP contribution in [0.15, 0.2) is 71.6 Å². The molecule has 32 heavy (non-hydrogen) atoms. The molecule has 3 aromatic carbocycles. The van der Waals surface area contributed by atoms with Gasteiger partial charge < -0.3 is 10.1 Å². The number of nitrogens with one attached hydrogen (secondary N) is 1. The lowest BCUT2D eigenvalue weighted by Crippen LogP contribution is -2.38. The maximum atomic E-state index is 13.6. The summed E-state index contributed by atoms with van der Waals surface area (Å²) in [6.07, 6.45) is 0.705. The van der Waals surface area contributed by atoms with E-state index in [1.165, 1.54) is 25.3 Å². The lowest BCUT2D eigenvalue weighted by Gasteiger charge is -2.25. The molecule has 0 saturated heterocycles. The van der Waals surface area contributed by atoms with Crippen LogP contribution in [0.1, 0.15) is 18.1 Å². The highest BCUT2D eigenvalue weighted by Gasteiger charge is 2.30. The summed E-state index contributed by atoms with van der Waals surface area (Å²) in [5.74, 6) is -0.884. The number of para-hydroxylation sites is 1. The Balaban J connectivity index is 2.02. The SMILES string of the molecule is CCc1ccccc1NC(=O)CN(c1ccc(F)cc1)S(=O)(=O)c1cc(C)ccc1OC. The van der Waals surface area contributed by atoms with Crippen LogP contribution in [0.5, 0.6) is 5.75 Å². The first-order chi connectivity index (χ1) is 15.3. The van der Waals surface area contributed by atoms with Crippen LogP contribution in [-0.2, 0) is 21.2 Å². The molecule has 8 heteroatoms. The van der Waals surface area contributed by atoms with Crippen molar-refractivity contribution in [3.8, 4) is 5.75 Å². The number of ether oxygens (including phenoxy) is 1. The third kappa shape index (κ3) is 5.08. The summed E-state index contributed by atoms with van der Waals surface area (Å²) in [5, 5.41) is 2.79. The van der Waals surface area contributed by atoms with Crippen LogP contribution in [0.4, 0.5) is 15.8 Å². The zero-order valence-electron chi connectivity index (χ0n) is 18.1. The first kappa shape index (κ1) is 23.3. The van der Waals surface area contributed by atoms with Gasteiger partial charge in [0.1, 0.15) is 23.0 Å². The third-order valence-electron chi connectivity index (χ3n) is 4.96. The minimum absolute atomic E-state index is 0.0777. The summed E-state index contributed by atoms with van der Waals surface area (Å²) in [7, 11) is -2.83. The van der Waals surface area contributed by atoms with Crippen LogP contribution in [0.2, 0.25) is 0 Å². The highest BCUT2D eigenvalue weighted by atomic mass is 32.2. The van der Waals surface area contributed by atoms with Crippen molar-refractivity contribution in [2.45, 2.75) is 25.2 Å². The van der Waals surface area contributed by atoms with Crippen LogP contribution in [0.3, 0.4) is 0 Å². The number of sulfonamides is 1. The lowest BCUT2D eigenvalue weighted by molar-refractivity contribution is -0.114. The van der Waals surface area contributed by atoms with E-state index in [0.717, 1.165) is 22.0 Å². The second-order valence-corrected chi connectivity index (χ2v) is 9.03. The fourth-order valence-corrected chi connectivity index (χ4v) is 4.96. The third-order valence-corrected chi connectivity index (χ3v) is 6.76. The molecule has 0 heterocycles. The molecule has 6 nitrogen and oxygen atoms in total. The molecule has 3 aromatic rings. The minimum Gasteiger partial charge on any atom is -0.495 e. The zero-order chi connectivity index (χ0) is 23.3. The molecule has 0 unspecified atom stereocenters. The second kappa shape index (κ2) is 9.82. The Morgan fingerprint density at radius 2 is 1.75 bits per heavy atom. The zero-order valence-corrected chi connectivity index (χ0v) is 18.9. The van der Waals surface area contributed by atoms with E-state index >= 15 is 0 Å². The number of carbonyl (C=O) groups is 1. The highest BCUT2D eigenvalue weighted by molar-refractivity contribution is 7.93. The maximum absolute atomic E-state index is 13.6. The van der Waals surface area contributed by atoms with Gasteiger partial charge in [0.05, 0.1) is 12.8 Å². The van der Waals surface area contributed by atoms with E-state index in [1.807, 2.05) is 19.1 Å². The van der Waals surface area contributed by atoms with Crippen molar-refractivity contribution in [3.05, 3.63) is 83.7 Å². The van der Waals surface area contributed by atoms with Crippen molar-refractivity contribution < 1.29 is 22.3 Å². The Labute approximate surface area is 187 Å². The Hall–Kier alpha value is -3.39. The molecule has 0 aliphatic carbocycles. The monoisotopic (exact) mass is 456 g/mol. The number of anilines is 2. The largest absolute Gasteiger partial charge is 0.495 e. The van der Waals surface area contributed by atoms with E-state index in [2.05, 4.69) is 5.32 Å². The minimum atomic E-state index is -4.21. The highest BCUT2D eigenvalue weighted by Crippen LogP contribution is 2.31. The number of hydrogen-bond acceptors (Lipinski definition) is 4. The smallest absolute Gasteiger partial charge is 0.268 e. The van der Waals surface area contributed by atoms with Gasteiger partial charge in [-0.25, -0.2) is 12.8 Å². The Bertz CT molecular complexity index is 1210. The maximum Gasteiger partial charge on any atom is 0.268 e. The van der Waals surface area contributed by atoms with Crippen LogP contribution in [0.25, 0.3) is 0 Å². The lowest BCUT2D eigenvalue weighted by atomic mass is 10.1. The van der Waals surface area contributed by atoms with E-state index < -0.39 is 28.3 Å². The molecule has 1 N–H and O–H groups in total. The fourth-order valence-electron chi connectivity index (χ4n) is 3.30. The van der Waals surface area contributed by atoms with E-state index in [4.69, 9.17) is 4.74 Å². The first-order valence-electron chi connectivity index (χ1n) is 10.1. The van der Waals surface area contributed by atoms with Crippen LogP contribution < -0.4 is 14.4 Å². The van der Waals surface area contributed by atoms with Gasteiger partial charge in [0, 0.05) is 5.69 Å². The molecule has 0 aliphatic heterocycles. The van der Waals surface area contributed by atoms with Gasteiger partial charge in [-0.1, -0.05) is 31.2 Å². The second-order valence-electron chi connectivity index (χ2n) is 7.20. The van der Waals surface area contributed by atoms with E-state index in [-0.39, 0.29) is 16.3 Å². The summed E-state index contributed by atoms with van der Waals surface area (Å²) in [5.41, 5.74) is 2.42. The van der Waals surface area contributed by atoms with Crippen molar-refractivity contribution >= 4 is 27.3 Å². The summed E-state index contributed by atoms with van der Waals surface area (Å²) >= 11 is 0. The fraction of sp³-hybridized carbons (Fsp3) is 0.208. The number of carbonyl (C=O) groups excluding carboxylic acids is 1. The van der Waals surface area contributed by atoms with Crippen molar-refractivity contribution in [3.63, 3.8) is 0 Å². The van der Waals surface area contributed by atoms with Gasteiger partial charge in [-0.15, -0.1) is 0 Å². The molecule has 0 aliphatic rings. The van der Waals surface area contributed by atoms with Gasteiger partial charge in [0.25, 0.3) is 10.0 Å². The van der Waals surface area contributed by atoms with Gasteiger partial charge in [-0.05, 0) is 66.9 Å². The van der Waals surface area contributed by atoms with Crippen LogP contribution in [-0.4, -0.2) is 28.0 Å². The molecular weight excluding hydrogens is 431 g/mol. The summed E-state index contributed by atoms with van der Waals surface area (Å²) in [4.78, 5) is 12.8. The Morgan fingerprint density at radius 3 is 2.41 bits per heavy atom. The van der Waals surface area contributed by atoms with Crippen molar-refractivity contribution in [2.75, 3.05) is 23.3 Å². The van der Waals surface area contributed by atoms with E-state index in [1.54, 1.807) is 31.2 Å². The molecule has 3 rings (SSSR count). The van der Waals surface area contributed by atoms with Crippen molar-refractivity contribution in [1.82, 2.24) is 0 Å². The number of halogens is 1. The van der Waals surface area contributed by atoms with Crippen molar-refractivity contribution in [1.29, 1.82) is 0 Å². The first-order valence-corrected chi connectivity index (χ1v) is 11.5. The number of benzene rings is 3. The summed E-state index contributed by atoms with van der Waals surface area (Å²) in [6.45, 7) is 3.22. The van der Waals surface area contributed by atoms with Gasteiger partial charge >= 0.3 is 0 Å². The van der Waals surface area contributed by atoms with Crippen LogP contribution >= 0.6 is 0 Å². The molecule has 0 bridgehead atoms. The number of rotatable bonds is 8. The summed E-state index contributed by atoms with van der Waals surface area (Å²) < 4.78 is 47.0. The average Bonchev–Trinajstić information content (AvgIpc) is 2.78. The van der Waals surface area contributed by atoms with Gasteiger partial charge in [0.2, 0.25) is 5.91 Å². The number of aryl methyl sites for hydroxylation is 2. The predicted octanol–water partition coefficient (Wildman–Crippen LogP) is 4.54.